The molecule has 0 N–H and O–H groups in total. The quantitative estimate of drug-likeness (QED) is 0.703. The van der Waals surface area contributed by atoms with Crippen LogP contribution in [0.25, 0.3) is 11.1 Å². The molecule has 0 radical (unpaired) electrons. The first-order chi connectivity index (χ1) is 12.1. The zero-order valence-electron chi connectivity index (χ0n) is 14.5. The summed E-state index contributed by atoms with van der Waals surface area (Å²) < 4.78 is 61.7. The van der Waals surface area contributed by atoms with Crippen molar-refractivity contribution < 1.29 is 21.6 Å². The van der Waals surface area contributed by atoms with Crippen molar-refractivity contribution >= 4 is 21.0 Å². The summed E-state index contributed by atoms with van der Waals surface area (Å²) in [7, 11) is -3.27. The summed E-state index contributed by atoms with van der Waals surface area (Å²) >= 11 is 0. The van der Waals surface area contributed by atoms with Crippen molar-refractivity contribution in [2.75, 3.05) is 6.26 Å². The standard InChI is InChI=1S/C20H19F3O2S/c1-13-12-16(26(2,24)25)10-11-17(13)19-5-3-4-18(19)14-6-8-15(9-7-14)20(21,22)23/h6-12H,3-5H2,1-2H3. The smallest absolute Gasteiger partial charge is 0.224 e. The molecule has 2 aromatic carbocycles. The first-order valence-corrected chi connectivity index (χ1v) is 10.2. The Bertz CT molecular complexity index is 969. The summed E-state index contributed by atoms with van der Waals surface area (Å²) in [5, 5.41) is 0. The monoisotopic (exact) mass is 380 g/mol. The van der Waals surface area contributed by atoms with Gasteiger partial charge in [-0.1, -0.05) is 18.2 Å². The minimum Gasteiger partial charge on any atom is -0.224 e. The van der Waals surface area contributed by atoms with Gasteiger partial charge >= 0.3 is 6.18 Å². The van der Waals surface area contributed by atoms with E-state index in [4.69, 9.17) is 0 Å². The molecule has 2 nitrogen and oxygen atoms in total. The van der Waals surface area contributed by atoms with Crippen LogP contribution in [-0.4, -0.2) is 14.7 Å². The highest BCUT2D eigenvalue weighted by molar-refractivity contribution is 7.90. The summed E-state index contributed by atoms with van der Waals surface area (Å²) in [5.74, 6) is 0. The molecule has 1 aliphatic rings. The Morgan fingerprint density at radius 2 is 1.54 bits per heavy atom. The van der Waals surface area contributed by atoms with Crippen LogP contribution in [-0.2, 0) is 16.0 Å². The molecular weight excluding hydrogens is 361 g/mol. The van der Waals surface area contributed by atoms with E-state index in [9.17, 15) is 21.6 Å². The van der Waals surface area contributed by atoms with Crippen LogP contribution in [0, 0.1) is 6.92 Å². The molecule has 0 saturated carbocycles. The number of hydrogen-bond acceptors (Lipinski definition) is 2. The fourth-order valence-electron chi connectivity index (χ4n) is 3.43. The zero-order chi connectivity index (χ0) is 19.1. The first kappa shape index (κ1) is 18.7. The fraction of sp³-hybridized carbons (Fsp3) is 0.300. The predicted molar refractivity (Wildman–Crippen MR) is 96.4 cm³/mol. The van der Waals surface area contributed by atoms with Crippen LogP contribution in [0.4, 0.5) is 13.2 Å². The SMILES string of the molecule is Cc1cc(S(C)(=O)=O)ccc1C1=C(c2ccc(C(F)(F)F)cc2)CCC1. The van der Waals surface area contributed by atoms with Crippen LogP contribution in [0.2, 0.25) is 0 Å². The lowest BCUT2D eigenvalue weighted by molar-refractivity contribution is -0.137. The lowest BCUT2D eigenvalue weighted by Gasteiger charge is -2.13. The van der Waals surface area contributed by atoms with E-state index in [-0.39, 0.29) is 4.90 Å². The first-order valence-electron chi connectivity index (χ1n) is 8.28. The highest BCUT2D eigenvalue weighted by Gasteiger charge is 2.30. The third kappa shape index (κ3) is 3.70. The Kier molecular flexibility index (Phi) is 4.73. The van der Waals surface area contributed by atoms with Crippen molar-refractivity contribution in [2.45, 2.75) is 37.3 Å². The van der Waals surface area contributed by atoms with Gasteiger partial charge in [0.25, 0.3) is 0 Å². The van der Waals surface area contributed by atoms with Crippen LogP contribution in [0.1, 0.15) is 41.5 Å². The molecule has 0 atom stereocenters. The lowest BCUT2D eigenvalue weighted by Crippen LogP contribution is -2.04. The number of sulfone groups is 1. The van der Waals surface area contributed by atoms with Gasteiger partial charge in [-0.25, -0.2) is 8.42 Å². The van der Waals surface area contributed by atoms with E-state index >= 15 is 0 Å². The number of aryl methyl sites for hydroxylation is 1. The second-order valence-corrected chi connectivity index (χ2v) is 8.65. The number of benzene rings is 2. The molecule has 0 fully saturated rings. The molecule has 0 amide bonds. The molecule has 0 heterocycles. The Balaban J connectivity index is 2.04. The summed E-state index contributed by atoms with van der Waals surface area (Å²) in [4.78, 5) is 0.272. The average molecular weight is 380 g/mol. The maximum absolute atomic E-state index is 12.8. The summed E-state index contributed by atoms with van der Waals surface area (Å²) in [6.45, 7) is 1.86. The molecule has 3 rings (SSSR count). The molecule has 2 aromatic rings. The molecule has 0 unspecified atom stereocenters. The molecule has 1 aliphatic carbocycles. The van der Waals surface area contributed by atoms with Crippen molar-refractivity contribution in [3.05, 3.63) is 64.7 Å². The Morgan fingerprint density at radius 1 is 0.923 bits per heavy atom. The van der Waals surface area contributed by atoms with Crippen LogP contribution < -0.4 is 0 Å². The summed E-state index contributed by atoms with van der Waals surface area (Å²) in [6.07, 6.45) is -0.615. The number of rotatable bonds is 3. The van der Waals surface area contributed by atoms with E-state index in [1.165, 1.54) is 18.4 Å². The fourth-order valence-corrected chi connectivity index (χ4v) is 4.13. The average Bonchev–Trinajstić information content (AvgIpc) is 3.02. The number of hydrogen-bond donors (Lipinski definition) is 0. The number of alkyl halides is 3. The minimum atomic E-state index is -4.34. The second kappa shape index (κ2) is 6.58. The molecule has 6 heteroatoms. The van der Waals surface area contributed by atoms with Gasteiger partial charge in [-0.2, -0.15) is 13.2 Å². The molecule has 0 saturated heterocycles. The Labute approximate surface area is 151 Å². The van der Waals surface area contributed by atoms with E-state index < -0.39 is 21.6 Å². The number of allylic oxidation sites excluding steroid dienone is 2. The van der Waals surface area contributed by atoms with Crippen LogP contribution in [0.3, 0.4) is 0 Å². The third-order valence-electron chi connectivity index (χ3n) is 4.73. The Hall–Kier alpha value is -2.08. The van der Waals surface area contributed by atoms with Crippen molar-refractivity contribution in [2.24, 2.45) is 0 Å². The topological polar surface area (TPSA) is 34.1 Å². The van der Waals surface area contributed by atoms with Gasteiger partial charge in [-0.3, -0.25) is 0 Å². The zero-order valence-corrected chi connectivity index (χ0v) is 15.3. The van der Waals surface area contributed by atoms with E-state index in [0.29, 0.717) is 0 Å². The van der Waals surface area contributed by atoms with Gasteiger partial charge in [-0.15, -0.1) is 0 Å². The van der Waals surface area contributed by atoms with E-state index in [1.807, 2.05) is 6.92 Å². The van der Waals surface area contributed by atoms with Crippen molar-refractivity contribution in [1.82, 2.24) is 0 Å². The maximum Gasteiger partial charge on any atom is 0.416 e. The van der Waals surface area contributed by atoms with Crippen molar-refractivity contribution in [1.29, 1.82) is 0 Å². The maximum atomic E-state index is 12.8. The van der Waals surface area contributed by atoms with Gasteiger partial charge < -0.3 is 0 Å². The molecule has 0 bridgehead atoms. The molecule has 0 aliphatic heterocycles. The van der Waals surface area contributed by atoms with Gasteiger partial charge in [0, 0.05) is 6.26 Å². The van der Waals surface area contributed by atoms with E-state index in [2.05, 4.69) is 0 Å². The largest absolute Gasteiger partial charge is 0.416 e. The Morgan fingerprint density at radius 3 is 2.08 bits per heavy atom. The predicted octanol–water partition coefficient (Wildman–Crippen LogP) is 5.51. The normalized spacial score (nSPS) is 15.6. The van der Waals surface area contributed by atoms with Crippen LogP contribution >= 0.6 is 0 Å². The molecular formula is C20H19F3O2S. The van der Waals surface area contributed by atoms with Crippen LogP contribution in [0.15, 0.2) is 47.4 Å². The van der Waals surface area contributed by atoms with Gasteiger partial charge in [0.1, 0.15) is 0 Å². The summed E-state index contributed by atoms with van der Waals surface area (Å²) in [5.41, 5.74) is 4.07. The summed E-state index contributed by atoms with van der Waals surface area (Å²) in [6, 6.07) is 10.3. The van der Waals surface area contributed by atoms with Gasteiger partial charge in [0.15, 0.2) is 9.84 Å². The highest BCUT2D eigenvalue weighted by Crippen LogP contribution is 2.41. The van der Waals surface area contributed by atoms with Gasteiger partial charge in [-0.05, 0) is 78.3 Å². The van der Waals surface area contributed by atoms with Crippen molar-refractivity contribution in [3.63, 3.8) is 0 Å². The molecule has 0 aromatic heterocycles. The second-order valence-electron chi connectivity index (χ2n) is 6.63. The third-order valence-corrected chi connectivity index (χ3v) is 5.84. The minimum absolute atomic E-state index is 0.272. The van der Waals surface area contributed by atoms with E-state index in [0.717, 1.165) is 59.2 Å². The lowest BCUT2D eigenvalue weighted by atomic mass is 9.94. The van der Waals surface area contributed by atoms with Crippen molar-refractivity contribution in [3.8, 4) is 0 Å². The van der Waals surface area contributed by atoms with Crippen LogP contribution in [0.5, 0.6) is 0 Å². The van der Waals surface area contributed by atoms with Gasteiger partial charge in [0.05, 0.1) is 10.5 Å². The molecule has 138 valence electrons. The number of halogens is 3. The molecule has 26 heavy (non-hydrogen) atoms. The molecule has 0 spiro atoms. The van der Waals surface area contributed by atoms with Gasteiger partial charge in [0.2, 0.25) is 0 Å². The van der Waals surface area contributed by atoms with E-state index in [1.54, 1.807) is 18.2 Å². The highest BCUT2D eigenvalue weighted by atomic mass is 32.2.